The predicted octanol–water partition coefficient (Wildman–Crippen LogP) is 3.21. The van der Waals surface area contributed by atoms with Gasteiger partial charge in [0.25, 0.3) is 0 Å². The van der Waals surface area contributed by atoms with E-state index in [2.05, 4.69) is 25.7 Å². The van der Waals surface area contributed by atoms with E-state index in [0.29, 0.717) is 11.6 Å². The predicted molar refractivity (Wildman–Crippen MR) is 87.1 cm³/mol. The molecule has 3 rings (SSSR count). The number of nitrogens with zero attached hydrogens (tertiary/aromatic N) is 2. The van der Waals surface area contributed by atoms with Crippen molar-refractivity contribution in [1.82, 2.24) is 4.90 Å². The van der Waals surface area contributed by atoms with Crippen LogP contribution in [0.4, 0.5) is 5.69 Å². The van der Waals surface area contributed by atoms with E-state index >= 15 is 0 Å². The molecule has 0 spiro atoms. The van der Waals surface area contributed by atoms with Crippen LogP contribution in [0, 0.1) is 0 Å². The van der Waals surface area contributed by atoms with E-state index in [9.17, 15) is 9.90 Å². The highest BCUT2D eigenvalue weighted by atomic mass is 79.9. The molecule has 2 fully saturated rings. The molecule has 2 saturated heterocycles. The highest BCUT2D eigenvalue weighted by Crippen LogP contribution is 2.30. The summed E-state index contributed by atoms with van der Waals surface area (Å²) in [5, 5.41) is 9.38. The molecule has 2 aliphatic heterocycles. The van der Waals surface area contributed by atoms with E-state index in [0.717, 1.165) is 29.7 Å². The molecular formula is C16H21BrN2O2. The number of rotatable bonds is 3. The zero-order valence-electron chi connectivity index (χ0n) is 12.1. The first-order valence-corrected chi connectivity index (χ1v) is 8.46. The molecule has 0 amide bonds. The van der Waals surface area contributed by atoms with Gasteiger partial charge in [0, 0.05) is 23.6 Å². The maximum Gasteiger partial charge on any atom is 0.337 e. The SMILES string of the molecule is O=C(O)c1ccc(Br)cc1N1CCC(N2CCCCC2)C1. The average Bonchev–Trinajstić information content (AvgIpc) is 2.97. The average molecular weight is 353 g/mol. The second-order valence-corrected chi connectivity index (χ2v) is 6.87. The third kappa shape index (κ3) is 3.24. The normalized spacial score (nSPS) is 23.5. The summed E-state index contributed by atoms with van der Waals surface area (Å²) in [5.41, 5.74) is 1.24. The number of hydrogen-bond acceptors (Lipinski definition) is 3. The van der Waals surface area contributed by atoms with Gasteiger partial charge in [-0.1, -0.05) is 22.4 Å². The standard InChI is InChI=1S/C16H21BrN2O2/c17-12-4-5-14(16(20)21)15(10-12)19-9-6-13(11-19)18-7-2-1-3-8-18/h4-5,10,13H,1-3,6-9,11H2,(H,20,21). The summed E-state index contributed by atoms with van der Waals surface area (Å²) in [7, 11) is 0. The van der Waals surface area contributed by atoms with Gasteiger partial charge in [-0.05, 0) is 50.6 Å². The molecule has 1 aromatic rings. The number of piperidine rings is 1. The minimum Gasteiger partial charge on any atom is -0.478 e. The summed E-state index contributed by atoms with van der Waals surface area (Å²) >= 11 is 3.45. The first-order chi connectivity index (χ1) is 10.1. The number of carboxylic acids is 1. The molecule has 4 nitrogen and oxygen atoms in total. The number of benzene rings is 1. The number of halogens is 1. The third-order valence-corrected chi connectivity index (χ3v) is 5.09. The quantitative estimate of drug-likeness (QED) is 0.906. The van der Waals surface area contributed by atoms with Crippen LogP contribution in [0.1, 0.15) is 36.0 Å². The first-order valence-electron chi connectivity index (χ1n) is 7.67. The monoisotopic (exact) mass is 352 g/mol. The largest absolute Gasteiger partial charge is 0.478 e. The van der Waals surface area contributed by atoms with Gasteiger partial charge in [-0.15, -0.1) is 0 Å². The van der Waals surface area contributed by atoms with Gasteiger partial charge in [0.05, 0.1) is 11.3 Å². The van der Waals surface area contributed by atoms with Gasteiger partial charge >= 0.3 is 5.97 Å². The number of aromatic carboxylic acids is 1. The Morgan fingerprint density at radius 1 is 1.19 bits per heavy atom. The molecule has 1 aromatic carbocycles. The van der Waals surface area contributed by atoms with Crippen molar-refractivity contribution in [2.75, 3.05) is 31.1 Å². The molecule has 0 aliphatic carbocycles. The zero-order chi connectivity index (χ0) is 14.8. The van der Waals surface area contributed by atoms with Crippen molar-refractivity contribution >= 4 is 27.6 Å². The lowest BCUT2D eigenvalue weighted by Crippen LogP contribution is -2.41. The molecule has 2 heterocycles. The molecule has 1 unspecified atom stereocenters. The van der Waals surface area contributed by atoms with Gasteiger partial charge in [0.15, 0.2) is 0 Å². The summed E-state index contributed by atoms with van der Waals surface area (Å²) in [5.74, 6) is -0.848. The van der Waals surface area contributed by atoms with Crippen molar-refractivity contribution in [2.24, 2.45) is 0 Å². The van der Waals surface area contributed by atoms with Crippen molar-refractivity contribution in [1.29, 1.82) is 0 Å². The summed E-state index contributed by atoms with van der Waals surface area (Å²) in [6.45, 7) is 4.28. The van der Waals surface area contributed by atoms with Crippen LogP contribution in [0.5, 0.6) is 0 Å². The molecule has 0 aromatic heterocycles. The zero-order valence-corrected chi connectivity index (χ0v) is 13.7. The summed E-state index contributed by atoms with van der Waals surface area (Å²) in [6.07, 6.45) is 5.08. The van der Waals surface area contributed by atoms with E-state index < -0.39 is 5.97 Å². The fraction of sp³-hybridized carbons (Fsp3) is 0.562. The Morgan fingerprint density at radius 2 is 1.95 bits per heavy atom. The van der Waals surface area contributed by atoms with E-state index in [-0.39, 0.29) is 0 Å². The fourth-order valence-corrected chi connectivity index (χ4v) is 3.84. The van der Waals surface area contributed by atoms with Crippen LogP contribution < -0.4 is 4.90 Å². The Morgan fingerprint density at radius 3 is 2.67 bits per heavy atom. The fourth-order valence-electron chi connectivity index (χ4n) is 3.49. The Balaban J connectivity index is 1.76. The van der Waals surface area contributed by atoms with E-state index in [1.807, 2.05) is 6.07 Å². The third-order valence-electron chi connectivity index (χ3n) is 4.60. The van der Waals surface area contributed by atoms with Gasteiger partial charge in [-0.3, -0.25) is 4.90 Å². The highest BCUT2D eigenvalue weighted by Gasteiger charge is 2.30. The van der Waals surface area contributed by atoms with Crippen LogP contribution >= 0.6 is 15.9 Å². The number of anilines is 1. The number of carbonyl (C=O) groups is 1. The molecule has 0 radical (unpaired) electrons. The number of likely N-dealkylation sites (tertiary alicyclic amines) is 1. The molecule has 21 heavy (non-hydrogen) atoms. The first kappa shape index (κ1) is 14.9. The maximum atomic E-state index is 11.4. The smallest absolute Gasteiger partial charge is 0.337 e. The van der Waals surface area contributed by atoms with Crippen molar-refractivity contribution in [3.05, 3.63) is 28.2 Å². The number of carboxylic acid groups (broad SMARTS) is 1. The molecule has 0 saturated carbocycles. The van der Waals surface area contributed by atoms with Gasteiger partial charge in [0.1, 0.15) is 0 Å². The second kappa shape index (κ2) is 6.36. The van der Waals surface area contributed by atoms with Crippen LogP contribution in [-0.4, -0.2) is 48.2 Å². The van der Waals surface area contributed by atoms with Crippen molar-refractivity contribution in [3.8, 4) is 0 Å². The van der Waals surface area contributed by atoms with Crippen LogP contribution in [-0.2, 0) is 0 Å². The Hall–Kier alpha value is -1.07. The van der Waals surface area contributed by atoms with E-state index in [1.54, 1.807) is 12.1 Å². The lowest BCUT2D eigenvalue weighted by molar-refractivity contribution is 0.0697. The lowest BCUT2D eigenvalue weighted by Gasteiger charge is -2.32. The van der Waals surface area contributed by atoms with Crippen LogP contribution in [0.15, 0.2) is 22.7 Å². The maximum absolute atomic E-state index is 11.4. The van der Waals surface area contributed by atoms with Crippen molar-refractivity contribution < 1.29 is 9.90 Å². The summed E-state index contributed by atoms with van der Waals surface area (Å²) in [4.78, 5) is 16.2. The second-order valence-electron chi connectivity index (χ2n) is 5.95. The van der Waals surface area contributed by atoms with Gasteiger partial charge in [-0.2, -0.15) is 0 Å². The molecule has 5 heteroatoms. The molecule has 2 aliphatic rings. The van der Waals surface area contributed by atoms with Crippen LogP contribution in [0.3, 0.4) is 0 Å². The Labute approximate surface area is 133 Å². The minimum absolute atomic E-state index is 0.400. The van der Waals surface area contributed by atoms with Crippen LogP contribution in [0.2, 0.25) is 0 Å². The van der Waals surface area contributed by atoms with E-state index in [1.165, 1.54) is 32.4 Å². The van der Waals surface area contributed by atoms with E-state index in [4.69, 9.17) is 0 Å². The molecule has 0 bridgehead atoms. The lowest BCUT2D eigenvalue weighted by atomic mass is 10.1. The molecular weight excluding hydrogens is 332 g/mol. The molecule has 114 valence electrons. The van der Waals surface area contributed by atoms with Crippen molar-refractivity contribution in [3.63, 3.8) is 0 Å². The van der Waals surface area contributed by atoms with Gasteiger partial charge in [-0.25, -0.2) is 4.79 Å². The van der Waals surface area contributed by atoms with Crippen LogP contribution in [0.25, 0.3) is 0 Å². The Kier molecular flexibility index (Phi) is 4.50. The summed E-state index contributed by atoms with van der Waals surface area (Å²) in [6, 6.07) is 5.99. The molecule has 1 atom stereocenters. The van der Waals surface area contributed by atoms with Crippen molar-refractivity contribution in [2.45, 2.75) is 31.7 Å². The number of hydrogen-bond donors (Lipinski definition) is 1. The minimum atomic E-state index is -0.848. The highest BCUT2D eigenvalue weighted by molar-refractivity contribution is 9.10. The Bertz CT molecular complexity index is 529. The molecule has 1 N–H and O–H groups in total. The van der Waals surface area contributed by atoms with Gasteiger partial charge < -0.3 is 10.0 Å². The summed E-state index contributed by atoms with van der Waals surface area (Å²) < 4.78 is 0.934. The topological polar surface area (TPSA) is 43.8 Å². The van der Waals surface area contributed by atoms with Gasteiger partial charge in [0.2, 0.25) is 0 Å².